The summed E-state index contributed by atoms with van der Waals surface area (Å²) in [6.45, 7) is 10.6. The third-order valence-corrected chi connectivity index (χ3v) is 3.01. The smallest absolute Gasteiger partial charge is 0.318 e. The number of aryl methyl sites for hydroxylation is 1. The highest BCUT2D eigenvalue weighted by Crippen LogP contribution is 2.24. The molecule has 0 aliphatic carbocycles. The summed E-state index contributed by atoms with van der Waals surface area (Å²) in [5.74, 6) is 1.28. The van der Waals surface area contributed by atoms with Gasteiger partial charge in [-0.2, -0.15) is 4.98 Å². The molecule has 0 saturated heterocycles. The second-order valence-electron chi connectivity index (χ2n) is 5.92. The van der Waals surface area contributed by atoms with E-state index in [0.717, 1.165) is 12.8 Å². The van der Waals surface area contributed by atoms with Gasteiger partial charge in [0, 0.05) is 6.42 Å². The molecule has 0 aliphatic rings. The van der Waals surface area contributed by atoms with E-state index in [2.05, 4.69) is 37.8 Å². The van der Waals surface area contributed by atoms with E-state index in [-0.39, 0.29) is 5.97 Å². The Balaban J connectivity index is 2.77. The van der Waals surface area contributed by atoms with Crippen molar-refractivity contribution in [3.05, 3.63) is 11.7 Å². The highest BCUT2D eigenvalue weighted by Gasteiger charge is 2.28. The third-order valence-electron chi connectivity index (χ3n) is 3.01. The maximum absolute atomic E-state index is 12.0. The monoisotopic (exact) mass is 282 g/mol. The minimum Gasteiger partial charge on any atom is -0.465 e. The van der Waals surface area contributed by atoms with Crippen molar-refractivity contribution in [2.75, 3.05) is 6.61 Å². The molecule has 5 nitrogen and oxygen atoms in total. The summed E-state index contributed by atoms with van der Waals surface area (Å²) in [6.07, 6.45) is 2.44. The Hall–Kier alpha value is -1.39. The van der Waals surface area contributed by atoms with Crippen LogP contribution in [0.1, 0.15) is 65.1 Å². The largest absolute Gasteiger partial charge is 0.465 e. The van der Waals surface area contributed by atoms with Gasteiger partial charge in [-0.3, -0.25) is 4.79 Å². The molecule has 1 rings (SSSR count). The van der Waals surface area contributed by atoms with Crippen LogP contribution in [0.3, 0.4) is 0 Å². The van der Waals surface area contributed by atoms with E-state index in [1.54, 1.807) is 6.92 Å². The summed E-state index contributed by atoms with van der Waals surface area (Å²) >= 11 is 0. The number of aromatic nitrogens is 2. The van der Waals surface area contributed by atoms with Crippen molar-refractivity contribution in [2.45, 2.75) is 59.8 Å². The van der Waals surface area contributed by atoms with Crippen molar-refractivity contribution in [1.82, 2.24) is 10.1 Å². The van der Waals surface area contributed by atoms with Crippen molar-refractivity contribution >= 4 is 5.97 Å². The summed E-state index contributed by atoms with van der Waals surface area (Å²) < 4.78 is 10.4. The van der Waals surface area contributed by atoms with Crippen LogP contribution in [-0.2, 0) is 16.0 Å². The lowest BCUT2D eigenvalue weighted by atomic mass is 9.97. The number of rotatable bonds is 8. The first kappa shape index (κ1) is 16.7. The summed E-state index contributed by atoms with van der Waals surface area (Å²) in [7, 11) is 0. The average Bonchev–Trinajstić information content (AvgIpc) is 2.82. The Morgan fingerprint density at radius 2 is 1.95 bits per heavy atom. The molecule has 0 bridgehead atoms. The Morgan fingerprint density at radius 1 is 1.25 bits per heavy atom. The number of hydrogen-bond donors (Lipinski definition) is 0. The lowest BCUT2D eigenvalue weighted by molar-refractivity contribution is -0.146. The van der Waals surface area contributed by atoms with Gasteiger partial charge in [0.1, 0.15) is 5.92 Å². The van der Waals surface area contributed by atoms with E-state index in [0.29, 0.717) is 36.6 Å². The zero-order valence-corrected chi connectivity index (χ0v) is 13.2. The Bertz CT molecular complexity index is 413. The first-order valence-corrected chi connectivity index (χ1v) is 7.43. The molecule has 1 aromatic rings. The molecule has 1 unspecified atom stereocenters. The second-order valence-corrected chi connectivity index (χ2v) is 5.92. The van der Waals surface area contributed by atoms with Gasteiger partial charge in [0.05, 0.1) is 6.61 Å². The molecular formula is C15H26N2O3. The van der Waals surface area contributed by atoms with Crippen LogP contribution in [0, 0.1) is 11.8 Å². The standard InChI is InChI=1S/C15H26N2O3/c1-6-19-15(18)12(9-11(4)5)14-16-13(17-20-14)8-7-10(2)3/h10-12H,6-9H2,1-5H3. The fourth-order valence-electron chi connectivity index (χ4n) is 1.94. The van der Waals surface area contributed by atoms with Crippen molar-refractivity contribution < 1.29 is 14.1 Å². The Morgan fingerprint density at radius 3 is 2.50 bits per heavy atom. The van der Waals surface area contributed by atoms with Crippen molar-refractivity contribution in [2.24, 2.45) is 11.8 Å². The molecular weight excluding hydrogens is 256 g/mol. The number of hydrogen-bond acceptors (Lipinski definition) is 5. The maximum atomic E-state index is 12.0. The number of nitrogens with zero attached hydrogens (tertiary/aromatic N) is 2. The normalized spacial score (nSPS) is 12.9. The Labute approximate surface area is 121 Å². The molecule has 1 heterocycles. The lowest BCUT2D eigenvalue weighted by Gasteiger charge is -2.13. The number of esters is 1. The topological polar surface area (TPSA) is 65.2 Å². The molecule has 0 aliphatic heterocycles. The van der Waals surface area contributed by atoms with E-state index < -0.39 is 5.92 Å². The van der Waals surface area contributed by atoms with Gasteiger partial charge in [-0.25, -0.2) is 0 Å². The van der Waals surface area contributed by atoms with E-state index in [4.69, 9.17) is 9.26 Å². The van der Waals surface area contributed by atoms with Gasteiger partial charge in [0.2, 0.25) is 5.89 Å². The number of carbonyl (C=O) groups excluding carboxylic acids is 1. The summed E-state index contributed by atoms with van der Waals surface area (Å²) in [5, 5.41) is 3.96. The molecule has 5 heteroatoms. The maximum Gasteiger partial charge on any atom is 0.318 e. The van der Waals surface area contributed by atoms with Gasteiger partial charge < -0.3 is 9.26 Å². The van der Waals surface area contributed by atoms with E-state index in [1.807, 2.05) is 0 Å². The van der Waals surface area contributed by atoms with Gasteiger partial charge in [0.25, 0.3) is 0 Å². The number of ether oxygens (including phenoxy) is 1. The van der Waals surface area contributed by atoms with Gasteiger partial charge >= 0.3 is 5.97 Å². The molecule has 20 heavy (non-hydrogen) atoms. The molecule has 0 amide bonds. The van der Waals surface area contributed by atoms with Crippen LogP contribution in [0.5, 0.6) is 0 Å². The molecule has 1 atom stereocenters. The van der Waals surface area contributed by atoms with Crippen LogP contribution in [-0.4, -0.2) is 22.7 Å². The minimum absolute atomic E-state index is 0.278. The molecule has 114 valence electrons. The highest BCUT2D eigenvalue weighted by molar-refractivity contribution is 5.76. The van der Waals surface area contributed by atoms with Crippen LogP contribution in [0.25, 0.3) is 0 Å². The van der Waals surface area contributed by atoms with Gasteiger partial charge in [-0.1, -0.05) is 32.9 Å². The SMILES string of the molecule is CCOC(=O)C(CC(C)C)c1nc(CCC(C)C)no1. The predicted molar refractivity (Wildman–Crippen MR) is 76.3 cm³/mol. The second kappa shape index (κ2) is 8.02. The van der Waals surface area contributed by atoms with Crippen LogP contribution < -0.4 is 0 Å². The molecule has 0 saturated carbocycles. The average molecular weight is 282 g/mol. The van der Waals surface area contributed by atoms with Gasteiger partial charge in [0.15, 0.2) is 5.82 Å². The zero-order valence-electron chi connectivity index (χ0n) is 13.2. The van der Waals surface area contributed by atoms with Gasteiger partial charge in [-0.15, -0.1) is 0 Å². The van der Waals surface area contributed by atoms with Crippen molar-refractivity contribution in [3.8, 4) is 0 Å². The fourth-order valence-corrected chi connectivity index (χ4v) is 1.94. The van der Waals surface area contributed by atoms with Crippen LogP contribution >= 0.6 is 0 Å². The van der Waals surface area contributed by atoms with Crippen molar-refractivity contribution in [3.63, 3.8) is 0 Å². The predicted octanol–water partition coefficient (Wildman–Crippen LogP) is 3.35. The fraction of sp³-hybridized carbons (Fsp3) is 0.800. The van der Waals surface area contributed by atoms with Crippen LogP contribution in [0.2, 0.25) is 0 Å². The number of carbonyl (C=O) groups is 1. The summed E-state index contributed by atoms with van der Waals surface area (Å²) in [5.41, 5.74) is 0. The molecule has 0 spiro atoms. The molecule has 0 N–H and O–H groups in total. The van der Waals surface area contributed by atoms with Gasteiger partial charge in [-0.05, 0) is 31.6 Å². The lowest BCUT2D eigenvalue weighted by Crippen LogP contribution is -2.18. The van der Waals surface area contributed by atoms with Crippen molar-refractivity contribution in [1.29, 1.82) is 0 Å². The zero-order chi connectivity index (χ0) is 15.1. The van der Waals surface area contributed by atoms with Crippen LogP contribution in [0.4, 0.5) is 0 Å². The first-order valence-electron chi connectivity index (χ1n) is 7.43. The molecule has 0 aromatic carbocycles. The van der Waals surface area contributed by atoms with E-state index in [1.165, 1.54) is 0 Å². The highest BCUT2D eigenvalue weighted by atomic mass is 16.5. The quantitative estimate of drug-likeness (QED) is 0.684. The summed E-state index contributed by atoms with van der Waals surface area (Å²) in [4.78, 5) is 16.4. The molecule has 1 aromatic heterocycles. The molecule has 0 radical (unpaired) electrons. The van der Waals surface area contributed by atoms with E-state index in [9.17, 15) is 4.79 Å². The van der Waals surface area contributed by atoms with Crippen LogP contribution in [0.15, 0.2) is 4.52 Å². The molecule has 0 fully saturated rings. The third kappa shape index (κ3) is 5.31. The first-order chi connectivity index (χ1) is 9.43. The van der Waals surface area contributed by atoms with E-state index >= 15 is 0 Å². The summed E-state index contributed by atoms with van der Waals surface area (Å²) in [6, 6.07) is 0. The Kier molecular flexibility index (Phi) is 6.68. The minimum atomic E-state index is -0.449.